The van der Waals surface area contributed by atoms with Crippen molar-refractivity contribution in [2.75, 3.05) is 13.1 Å². The number of hydrogen-bond acceptors (Lipinski definition) is 4. The van der Waals surface area contributed by atoms with E-state index in [1.165, 1.54) is 4.90 Å². The van der Waals surface area contributed by atoms with E-state index >= 15 is 0 Å². The quantitative estimate of drug-likeness (QED) is 0.622. The largest absolute Gasteiger partial charge is 0.386 e. The first-order chi connectivity index (χ1) is 8.32. The Balaban J connectivity index is 2.15. The van der Waals surface area contributed by atoms with Gasteiger partial charge in [0.25, 0.3) is 11.5 Å². The van der Waals surface area contributed by atoms with Gasteiger partial charge in [-0.15, -0.1) is 0 Å². The summed E-state index contributed by atoms with van der Waals surface area (Å²) in [6.07, 6.45) is 0. The first kappa shape index (κ1) is 12.6. The van der Waals surface area contributed by atoms with Crippen molar-refractivity contribution in [2.45, 2.75) is 19.4 Å². The van der Waals surface area contributed by atoms with Gasteiger partial charge in [-0.1, -0.05) is 13.8 Å². The van der Waals surface area contributed by atoms with Crippen LogP contribution in [0.5, 0.6) is 0 Å². The van der Waals surface area contributed by atoms with E-state index in [4.69, 9.17) is 0 Å². The van der Waals surface area contributed by atoms with Crippen LogP contribution in [-0.4, -0.2) is 44.6 Å². The number of aliphatic hydroxyl groups is 1. The fourth-order valence-corrected chi connectivity index (χ4v) is 1.88. The minimum atomic E-state index is -0.878. The minimum absolute atomic E-state index is 0.0415. The zero-order chi connectivity index (χ0) is 13.5. The second-order valence-electron chi connectivity index (χ2n) is 4.92. The maximum Gasteiger partial charge on any atom is 0.326 e. The van der Waals surface area contributed by atoms with Crippen molar-refractivity contribution >= 4 is 5.91 Å². The van der Waals surface area contributed by atoms with E-state index in [0.29, 0.717) is 0 Å². The highest BCUT2D eigenvalue weighted by Crippen LogP contribution is 2.29. The molecule has 0 radical (unpaired) electrons. The van der Waals surface area contributed by atoms with Crippen LogP contribution in [0.3, 0.4) is 0 Å². The topological polar surface area (TPSA) is 106 Å². The number of aromatic amines is 2. The molecule has 0 atom stereocenters. The van der Waals surface area contributed by atoms with Crippen LogP contribution in [0, 0.1) is 5.92 Å². The lowest BCUT2D eigenvalue weighted by atomic mass is 9.83. The van der Waals surface area contributed by atoms with Gasteiger partial charge >= 0.3 is 5.69 Å². The maximum absolute atomic E-state index is 11.9. The fourth-order valence-electron chi connectivity index (χ4n) is 1.88. The zero-order valence-electron chi connectivity index (χ0n) is 10.2. The molecular weight excluding hydrogens is 238 g/mol. The molecule has 2 heterocycles. The number of aromatic nitrogens is 2. The van der Waals surface area contributed by atoms with Crippen LogP contribution in [0.2, 0.25) is 0 Å². The number of amides is 1. The van der Waals surface area contributed by atoms with E-state index in [1.807, 2.05) is 18.8 Å². The summed E-state index contributed by atoms with van der Waals surface area (Å²) in [6, 6.07) is 1.04. The number of nitrogens with one attached hydrogen (secondary N) is 2. The molecule has 0 saturated carbocycles. The molecule has 3 N–H and O–H groups in total. The molecule has 98 valence electrons. The lowest BCUT2D eigenvalue weighted by molar-refractivity contribution is -0.111. The Morgan fingerprint density at radius 3 is 2.50 bits per heavy atom. The molecule has 0 unspecified atom stereocenters. The average Bonchev–Trinajstić information content (AvgIpc) is 2.22. The summed E-state index contributed by atoms with van der Waals surface area (Å²) in [7, 11) is 0. The Bertz CT molecular complexity index is 552. The molecule has 1 aromatic rings. The third kappa shape index (κ3) is 2.08. The number of carbonyl (C=O) groups is 1. The molecule has 7 heteroatoms. The van der Waals surface area contributed by atoms with Crippen molar-refractivity contribution in [1.82, 2.24) is 14.9 Å². The maximum atomic E-state index is 11.9. The van der Waals surface area contributed by atoms with Gasteiger partial charge in [0.1, 0.15) is 11.3 Å². The highest BCUT2D eigenvalue weighted by atomic mass is 16.3. The molecule has 18 heavy (non-hydrogen) atoms. The predicted octanol–water partition coefficient (Wildman–Crippen LogP) is -1.09. The molecule has 1 aliphatic heterocycles. The van der Waals surface area contributed by atoms with Gasteiger partial charge in [0.15, 0.2) is 0 Å². The lowest BCUT2D eigenvalue weighted by Crippen LogP contribution is -2.66. The number of β-amino-alcohol motifs (C(OH)–C–C–N with tert-alkyl or cyclic N) is 1. The number of H-pyrrole nitrogens is 2. The van der Waals surface area contributed by atoms with Crippen LogP contribution in [0.15, 0.2) is 15.7 Å². The molecule has 7 nitrogen and oxygen atoms in total. The van der Waals surface area contributed by atoms with E-state index < -0.39 is 22.8 Å². The van der Waals surface area contributed by atoms with E-state index in [2.05, 4.69) is 4.98 Å². The molecule has 0 aromatic carbocycles. The van der Waals surface area contributed by atoms with Gasteiger partial charge in [0.2, 0.25) is 0 Å². The van der Waals surface area contributed by atoms with Gasteiger partial charge in [0.05, 0.1) is 13.1 Å². The van der Waals surface area contributed by atoms with Gasteiger partial charge in [-0.25, -0.2) is 4.79 Å². The van der Waals surface area contributed by atoms with Crippen LogP contribution >= 0.6 is 0 Å². The van der Waals surface area contributed by atoms with Crippen LogP contribution in [0.4, 0.5) is 0 Å². The molecule has 2 rings (SSSR count). The summed E-state index contributed by atoms with van der Waals surface area (Å²) in [6.45, 7) is 4.16. The average molecular weight is 253 g/mol. The van der Waals surface area contributed by atoms with E-state index in [-0.39, 0.29) is 24.7 Å². The Hall–Kier alpha value is -1.89. The number of hydrogen-bond donors (Lipinski definition) is 3. The third-order valence-corrected chi connectivity index (χ3v) is 3.28. The summed E-state index contributed by atoms with van der Waals surface area (Å²) in [4.78, 5) is 39.7. The summed E-state index contributed by atoms with van der Waals surface area (Å²) < 4.78 is 0. The Labute approximate surface area is 102 Å². The van der Waals surface area contributed by atoms with Gasteiger partial charge in [-0.3, -0.25) is 14.6 Å². The smallest absolute Gasteiger partial charge is 0.326 e. The van der Waals surface area contributed by atoms with Crippen molar-refractivity contribution in [1.29, 1.82) is 0 Å². The van der Waals surface area contributed by atoms with E-state index in [0.717, 1.165) is 6.07 Å². The molecular formula is C11H15N3O4. The third-order valence-electron chi connectivity index (χ3n) is 3.28. The molecule has 1 fully saturated rings. The van der Waals surface area contributed by atoms with Crippen molar-refractivity contribution in [3.05, 3.63) is 32.6 Å². The van der Waals surface area contributed by atoms with Crippen molar-refractivity contribution in [2.24, 2.45) is 5.92 Å². The minimum Gasteiger partial charge on any atom is -0.386 e. The zero-order valence-corrected chi connectivity index (χ0v) is 10.2. The molecule has 0 spiro atoms. The van der Waals surface area contributed by atoms with Crippen molar-refractivity contribution < 1.29 is 9.90 Å². The van der Waals surface area contributed by atoms with Crippen LogP contribution in [-0.2, 0) is 0 Å². The second-order valence-corrected chi connectivity index (χ2v) is 4.92. The lowest BCUT2D eigenvalue weighted by Gasteiger charge is -2.48. The fraction of sp³-hybridized carbons (Fsp3) is 0.545. The number of likely N-dealkylation sites (tertiary alicyclic amines) is 1. The monoisotopic (exact) mass is 253 g/mol. The normalized spacial score (nSPS) is 17.7. The SMILES string of the molecule is CC(C)C1(O)CN(C(=O)c2cc(=O)[nH]c(=O)[nH]2)C1. The summed E-state index contributed by atoms with van der Waals surface area (Å²) in [5.74, 6) is -0.414. The Morgan fingerprint density at radius 2 is 2.00 bits per heavy atom. The van der Waals surface area contributed by atoms with Crippen LogP contribution in [0.25, 0.3) is 0 Å². The first-order valence-corrected chi connectivity index (χ1v) is 5.67. The molecule has 1 aromatic heterocycles. The number of nitrogens with zero attached hydrogens (tertiary/aromatic N) is 1. The molecule has 1 amide bonds. The highest BCUT2D eigenvalue weighted by molar-refractivity contribution is 5.92. The van der Waals surface area contributed by atoms with Crippen molar-refractivity contribution in [3.8, 4) is 0 Å². The van der Waals surface area contributed by atoms with E-state index in [1.54, 1.807) is 0 Å². The molecule has 1 aliphatic rings. The molecule has 1 saturated heterocycles. The Morgan fingerprint density at radius 1 is 1.39 bits per heavy atom. The van der Waals surface area contributed by atoms with E-state index in [9.17, 15) is 19.5 Å². The van der Waals surface area contributed by atoms with Gasteiger partial charge in [-0.05, 0) is 5.92 Å². The Kier molecular flexibility index (Phi) is 2.86. The number of carbonyl (C=O) groups excluding carboxylic acids is 1. The van der Waals surface area contributed by atoms with Crippen LogP contribution < -0.4 is 11.2 Å². The predicted molar refractivity (Wildman–Crippen MR) is 63.4 cm³/mol. The summed E-state index contributed by atoms with van der Waals surface area (Å²) in [5.41, 5.74) is -2.28. The van der Waals surface area contributed by atoms with Crippen molar-refractivity contribution in [3.63, 3.8) is 0 Å². The van der Waals surface area contributed by atoms with Crippen LogP contribution in [0.1, 0.15) is 24.3 Å². The van der Waals surface area contributed by atoms with Gasteiger partial charge in [0, 0.05) is 6.07 Å². The van der Waals surface area contributed by atoms with Gasteiger partial charge in [-0.2, -0.15) is 0 Å². The molecule has 0 aliphatic carbocycles. The number of rotatable bonds is 2. The summed E-state index contributed by atoms with van der Waals surface area (Å²) in [5, 5.41) is 10.0. The molecule has 0 bridgehead atoms. The van der Waals surface area contributed by atoms with Gasteiger partial charge < -0.3 is 15.0 Å². The highest BCUT2D eigenvalue weighted by Gasteiger charge is 2.46. The summed E-state index contributed by atoms with van der Waals surface area (Å²) >= 11 is 0. The standard InChI is InChI=1S/C11H15N3O4/c1-6(2)11(18)4-14(5-11)9(16)7-3-8(15)13-10(17)12-7/h3,6,18H,4-5H2,1-2H3,(H2,12,13,15,17). The first-order valence-electron chi connectivity index (χ1n) is 5.67. The second kappa shape index (κ2) is 4.09.